The van der Waals surface area contributed by atoms with E-state index in [-0.39, 0.29) is 34.9 Å². The van der Waals surface area contributed by atoms with Gasteiger partial charge in [0, 0.05) is 22.7 Å². The molecule has 2 saturated heterocycles. The first-order valence-corrected chi connectivity index (χ1v) is 9.23. The van der Waals surface area contributed by atoms with Gasteiger partial charge in [-0.2, -0.15) is 0 Å². The average molecular weight is 369 g/mol. The first-order valence-electron chi connectivity index (χ1n) is 8.35. The van der Waals surface area contributed by atoms with Crippen molar-refractivity contribution in [2.45, 2.75) is 43.8 Å². The molecule has 0 aromatic rings. The zero-order valence-electron chi connectivity index (χ0n) is 14.2. The summed E-state index contributed by atoms with van der Waals surface area (Å²) in [5, 5.41) is 19.6. The summed E-state index contributed by atoms with van der Waals surface area (Å²) in [5.74, 6) is -2.09. The van der Waals surface area contributed by atoms with Gasteiger partial charge in [-0.15, -0.1) is 11.8 Å². The minimum absolute atomic E-state index is 0.0531. The van der Waals surface area contributed by atoms with Crippen LogP contribution in [0.4, 0.5) is 0 Å². The van der Waals surface area contributed by atoms with Crippen LogP contribution in [-0.4, -0.2) is 70.0 Å². The van der Waals surface area contributed by atoms with Gasteiger partial charge in [-0.1, -0.05) is 6.92 Å². The number of fused-ring (bicyclic) bond motifs is 1. The fourth-order valence-corrected chi connectivity index (χ4v) is 5.45. The number of β-lactam (4-membered cyclic amide) rings is 1. The normalized spacial score (nSPS) is 36.0. The SMILES string of the molecule is C[C@@H](O)[C@H]1C(=O)N2C(C(=O)O)=C(S[C@@H]3CCO[C@@H]3CN=CN)[C@H](C)[C@H]12. The molecule has 0 unspecified atom stereocenters. The van der Waals surface area contributed by atoms with E-state index in [1.807, 2.05) is 6.92 Å². The molecule has 0 saturated carbocycles. The summed E-state index contributed by atoms with van der Waals surface area (Å²) in [6, 6.07) is -0.288. The highest BCUT2D eigenvalue weighted by molar-refractivity contribution is 8.03. The molecule has 0 spiro atoms. The van der Waals surface area contributed by atoms with Gasteiger partial charge in [0.05, 0.1) is 37.1 Å². The van der Waals surface area contributed by atoms with Gasteiger partial charge in [-0.3, -0.25) is 9.79 Å². The number of nitrogens with two attached hydrogens (primary N) is 1. The van der Waals surface area contributed by atoms with Crippen molar-refractivity contribution in [3.63, 3.8) is 0 Å². The van der Waals surface area contributed by atoms with Crippen LogP contribution >= 0.6 is 11.8 Å². The summed E-state index contributed by atoms with van der Waals surface area (Å²) < 4.78 is 5.68. The topological polar surface area (TPSA) is 125 Å². The number of aliphatic imine (C=N–C) groups is 1. The number of carboxylic acid groups (broad SMARTS) is 1. The molecule has 0 bridgehead atoms. The highest BCUT2D eigenvalue weighted by Crippen LogP contribution is 2.52. The number of aliphatic carboxylic acids is 1. The number of amides is 1. The Morgan fingerprint density at radius 1 is 1.60 bits per heavy atom. The van der Waals surface area contributed by atoms with E-state index in [1.54, 1.807) is 6.92 Å². The Bertz CT molecular complexity index is 635. The summed E-state index contributed by atoms with van der Waals surface area (Å²) in [5.41, 5.74) is 5.35. The minimum Gasteiger partial charge on any atom is -0.477 e. The number of carbonyl (C=O) groups is 2. The molecule has 25 heavy (non-hydrogen) atoms. The zero-order chi connectivity index (χ0) is 18.3. The number of nitrogens with zero attached hydrogens (tertiary/aromatic N) is 2. The van der Waals surface area contributed by atoms with Crippen LogP contribution < -0.4 is 5.73 Å². The van der Waals surface area contributed by atoms with Crippen LogP contribution in [0.5, 0.6) is 0 Å². The molecule has 1 amide bonds. The van der Waals surface area contributed by atoms with Gasteiger partial charge < -0.3 is 25.6 Å². The van der Waals surface area contributed by atoms with E-state index < -0.39 is 18.0 Å². The van der Waals surface area contributed by atoms with Crippen LogP contribution in [0, 0.1) is 11.8 Å². The lowest BCUT2D eigenvalue weighted by Gasteiger charge is -2.46. The number of thioether (sulfide) groups is 1. The van der Waals surface area contributed by atoms with Crippen LogP contribution in [-0.2, 0) is 14.3 Å². The number of ether oxygens (including phenoxy) is 1. The van der Waals surface area contributed by atoms with E-state index in [1.165, 1.54) is 23.0 Å². The molecule has 9 heteroatoms. The van der Waals surface area contributed by atoms with Gasteiger partial charge >= 0.3 is 5.97 Å². The first kappa shape index (κ1) is 18.2. The van der Waals surface area contributed by atoms with Gasteiger partial charge in [-0.25, -0.2) is 4.79 Å². The number of carboxylic acids is 1. The minimum atomic E-state index is -1.11. The quantitative estimate of drug-likeness (QED) is 0.342. The maximum Gasteiger partial charge on any atom is 0.353 e. The Labute approximate surface area is 150 Å². The van der Waals surface area contributed by atoms with Gasteiger partial charge in [0.15, 0.2) is 0 Å². The number of hydrogen-bond donors (Lipinski definition) is 3. The maximum atomic E-state index is 12.3. The van der Waals surface area contributed by atoms with Crippen molar-refractivity contribution in [3.05, 3.63) is 10.6 Å². The van der Waals surface area contributed by atoms with E-state index in [0.29, 0.717) is 18.1 Å². The molecular weight excluding hydrogens is 346 g/mol. The molecule has 0 aromatic heterocycles. The molecule has 138 valence electrons. The van der Waals surface area contributed by atoms with Gasteiger partial charge in [0.25, 0.3) is 0 Å². The molecule has 0 radical (unpaired) electrons. The lowest BCUT2D eigenvalue weighted by atomic mass is 9.79. The third-order valence-corrected chi connectivity index (χ3v) is 6.79. The lowest BCUT2D eigenvalue weighted by Crippen LogP contribution is -2.63. The van der Waals surface area contributed by atoms with Crippen molar-refractivity contribution in [3.8, 4) is 0 Å². The van der Waals surface area contributed by atoms with E-state index in [0.717, 1.165) is 6.42 Å². The van der Waals surface area contributed by atoms with E-state index in [9.17, 15) is 19.8 Å². The number of carbonyl (C=O) groups excluding carboxylic acids is 1. The molecule has 3 heterocycles. The Morgan fingerprint density at radius 3 is 2.92 bits per heavy atom. The first-order chi connectivity index (χ1) is 11.9. The van der Waals surface area contributed by atoms with Crippen molar-refractivity contribution in [1.29, 1.82) is 0 Å². The number of rotatable bonds is 6. The van der Waals surface area contributed by atoms with Crippen LogP contribution in [0.1, 0.15) is 20.3 Å². The smallest absolute Gasteiger partial charge is 0.353 e. The van der Waals surface area contributed by atoms with E-state index in [4.69, 9.17) is 10.5 Å². The van der Waals surface area contributed by atoms with Crippen molar-refractivity contribution < 1.29 is 24.5 Å². The van der Waals surface area contributed by atoms with Crippen molar-refractivity contribution >= 4 is 30.0 Å². The predicted octanol–water partition coefficient (Wildman–Crippen LogP) is 0.0178. The highest BCUT2D eigenvalue weighted by atomic mass is 32.2. The Morgan fingerprint density at radius 2 is 2.32 bits per heavy atom. The Balaban J connectivity index is 1.84. The number of aliphatic hydroxyl groups is 1. The third kappa shape index (κ3) is 2.94. The fraction of sp³-hybridized carbons (Fsp3) is 0.688. The molecule has 3 rings (SSSR count). The summed E-state index contributed by atoms with van der Waals surface area (Å²) in [6.45, 7) is 4.51. The van der Waals surface area contributed by atoms with Crippen molar-refractivity contribution in [1.82, 2.24) is 4.90 Å². The van der Waals surface area contributed by atoms with Crippen molar-refractivity contribution in [2.75, 3.05) is 13.2 Å². The molecule has 3 aliphatic heterocycles. The van der Waals surface area contributed by atoms with Gasteiger partial charge in [0.1, 0.15) is 5.70 Å². The predicted molar refractivity (Wildman–Crippen MR) is 92.9 cm³/mol. The summed E-state index contributed by atoms with van der Waals surface area (Å²) in [7, 11) is 0. The van der Waals surface area contributed by atoms with Crippen molar-refractivity contribution in [2.24, 2.45) is 22.6 Å². The second kappa shape index (κ2) is 6.97. The Hall–Kier alpha value is -1.58. The van der Waals surface area contributed by atoms with Gasteiger partial charge in [0.2, 0.25) is 5.91 Å². The lowest BCUT2D eigenvalue weighted by molar-refractivity contribution is -0.163. The Kier molecular flexibility index (Phi) is 5.08. The number of hydrogen-bond acceptors (Lipinski definition) is 6. The van der Waals surface area contributed by atoms with Crippen LogP contribution in [0.2, 0.25) is 0 Å². The van der Waals surface area contributed by atoms with Gasteiger partial charge in [-0.05, 0) is 13.3 Å². The fourth-order valence-electron chi connectivity index (χ4n) is 3.94. The summed E-state index contributed by atoms with van der Waals surface area (Å²) in [4.78, 5) is 30.2. The largest absolute Gasteiger partial charge is 0.477 e. The maximum absolute atomic E-state index is 12.3. The van der Waals surface area contributed by atoms with Crippen LogP contribution in [0.25, 0.3) is 0 Å². The zero-order valence-corrected chi connectivity index (χ0v) is 15.0. The van der Waals surface area contributed by atoms with Crippen LogP contribution in [0.15, 0.2) is 15.6 Å². The molecule has 0 aromatic carbocycles. The molecule has 8 nitrogen and oxygen atoms in total. The standard InChI is InChI=1S/C16H23N3O5S/c1-7-12-11(8(2)20)15(21)19(12)13(16(22)23)14(7)25-10-3-4-24-9(10)5-18-6-17/h6-12,20H,3-5H2,1-2H3,(H2,17,18)(H,22,23)/t7-,8-,9-,10-,11-,12-/m1/s1. The van der Waals surface area contributed by atoms with E-state index in [2.05, 4.69) is 4.99 Å². The molecule has 3 aliphatic rings. The molecule has 4 N–H and O–H groups in total. The second-order valence-electron chi connectivity index (χ2n) is 6.64. The average Bonchev–Trinajstić information content (AvgIpc) is 3.07. The van der Waals surface area contributed by atoms with Crippen LogP contribution in [0.3, 0.4) is 0 Å². The molecule has 6 atom stereocenters. The second-order valence-corrected chi connectivity index (χ2v) is 7.92. The molecule has 0 aliphatic carbocycles. The highest BCUT2D eigenvalue weighted by Gasteiger charge is 2.60. The molecular formula is C16H23N3O5S. The number of aliphatic hydroxyl groups excluding tert-OH is 1. The monoisotopic (exact) mass is 369 g/mol. The summed E-state index contributed by atoms with van der Waals surface area (Å²) >= 11 is 1.46. The molecule has 2 fully saturated rings. The summed E-state index contributed by atoms with van der Waals surface area (Å²) in [6.07, 6.45) is 1.10. The third-order valence-electron chi connectivity index (χ3n) is 5.13. The van der Waals surface area contributed by atoms with E-state index >= 15 is 0 Å².